The molecule has 0 bridgehead atoms. The van der Waals surface area contributed by atoms with E-state index in [4.69, 9.17) is 4.74 Å². The zero-order chi connectivity index (χ0) is 14.8. The van der Waals surface area contributed by atoms with Gasteiger partial charge in [0.1, 0.15) is 5.60 Å². The van der Waals surface area contributed by atoms with Crippen LogP contribution in [0.4, 0.5) is 10.5 Å². The van der Waals surface area contributed by atoms with Crippen molar-refractivity contribution in [3.8, 4) is 0 Å². The van der Waals surface area contributed by atoms with Gasteiger partial charge in [0.25, 0.3) is 0 Å². The van der Waals surface area contributed by atoms with Gasteiger partial charge >= 0.3 is 6.09 Å². The lowest BCUT2D eigenvalue weighted by molar-refractivity contribution is 0.0152. The van der Waals surface area contributed by atoms with Crippen LogP contribution >= 0.6 is 0 Å². The van der Waals surface area contributed by atoms with Gasteiger partial charge in [-0.2, -0.15) is 0 Å². The second-order valence-electron chi connectivity index (χ2n) is 6.21. The lowest BCUT2D eigenvalue weighted by Crippen LogP contribution is -2.44. The molecule has 0 saturated carbocycles. The van der Waals surface area contributed by atoms with Crippen LogP contribution in [0.1, 0.15) is 39.7 Å². The Morgan fingerprint density at radius 3 is 2.75 bits per heavy atom. The van der Waals surface area contributed by atoms with Crippen LogP contribution in [0.25, 0.3) is 0 Å². The van der Waals surface area contributed by atoms with Gasteiger partial charge in [-0.3, -0.25) is 4.90 Å². The molecule has 1 aliphatic heterocycles. The fourth-order valence-corrected chi connectivity index (χ4v) is 2.38. The summed E-state index contributed by atoms with van der Waals surface area (Å²) in [5.74, 6) is 0. The van der Waals surface area contributed by atoms with Gasteiger partial charge in [-0.25, -0.2) is 4.79 Å². The van der Waals surface area contributed by atoms with Crippen molar-refractivity contribution in [2.75, 3.05) is 11.9 Å². The fraction of sp³-hybridized carbons (Fsp3) is 0.562. The highest BCUT2D eigenvalue weighted by Gasteiger charge is 2.29. The van der Waals surface area contributed by atoms with E-state index in [0.29, 0.717) is 6.54 Å². The third-order valence-electron chi connectivity index (χ3n) is 3.43. The van der Waals surface area contributed by atoms with Crippen LogP contribution in [0.15, 0.2) is 24.3 Å². The molecule has 1 atom stereocenters. The largest absolute Gasteiger partial charge is 0.444 e. The van der Waals surface area contributed by atoms with Gasteiger partial charge in [0, 0.05) is 12.2 Å². The van der Waals surface area contributed by atoms with Gasteiger partial charge in [0.2, 0.25) is 0 Å². The molecular formula is C16H24N2O2. The molecule has 0 unspecified atom stereocenters. The number of amides is 1. The average Bonchev–Trinajstić information content (AvgIpc) is 2.55. The number of ether oxygens (including phenoxy) is 1. The predicted octanol–water partition coefficient (Wildman–Crippen LogP) is 3.63. The lowest BCUT2D eigenvalue weighted by atomic mass is 10.1. The van der Waals surface area contributed by atoms with E-state index in [1.165, 1.54) is 0 Å². The van der Waals surface area contributed by atoms with Crippen LogP contribution < -0.4 is 5.32 Å². The summed E-state index contributed by atoms with van der Waals surface area (Å²) in [6, 6.07) is 8.27. The number of rotatable bonds is 1. The molecule has 0 radical (unpaired) electrons. The first-order valence-corrected chi connectivity index (χ1v) is 7.22. The summed E-state index contributed by atoms with van der Waals surface area (Å²) in [4.78, 5) is 14.3. The molecule has 1 N–H and O–H groups in total. The summed E-state index contributed by atoms with van der Waals surface area (Å²) >= 11 is 0. The number of fused-ring (bicyclic) bond motifs is 1. The third kappa shape index (κ3) is 3.44. The first kappa shape index (κ1) is 14.7. The van der Waals surface area contributed by atoms with Gasteiger partial charge in [-0.15, -0.1) is 0 Å². The van der Waals surface area contributed by atoms with E-state index < -0.39 is 5.60 Å². The SMILES string of the molecule is CC[C@@H]1CNc2ccccc2CN1C(=O)OC(C)(C)C. The van der Waals surface area contributed by atoms with Crippen molar-refractivity contribution >= 4 is 11.8 Å². The Morgan fingerprint density at radius 1 is 1.40 bits per heavy atom. The maximum atomic E-state index is 12.4. The average molecular weight is 276 g/mol. The Kier molecular flexibility index (Phi) is 4.21. The quantitative estimate of drug-likeness (QED) is 0.851. The topological polar surface area (TPSA) is 41.6 Å². The van der Waals surface area contributed by atoms with Crippen LogP contribution in [-0.2, 0) is 11.3 Å². The minimum Gasteiger partial charge on any atom is -0.444 e. The summed E-state index contributed by atoms with van der Waals surface area (Å²) in [5, 5.41) is 3.42. The monoisotopic (exact) mass is 276 g/mol. The molecule has 0 aromatic heterocycles. The highest BCUT2D eigenvalue weighted by Crippen LogP contribution is 2.25. The molecule has 1 aromatic carbocycles. The molecule has 1 amide bonds. The molecule has 0 spiro atoms. The third-order valence-corrected chi connectivity index (χ3v) is 3.43. The Morgan fingerprint density at radius 2 is 2.10 bits per heavy atom. The van der Waals surface area contributed by atoms with Crippen molar-refractivity contribution in [1.29, 1.82) is 0 Å². The van der Waals surface area contributed by atoms with E-state index in [2.05, 4.69) is 24.4 Å². The van der Waals surface area contributed by atoms with E-state index in [9.17, 15) is 4.79 Å². The first-order chi connectivity index (χ1) is 9.40. The van der Waals surface area contributed by atoms with Crippen LogP contribution in [0.3, 0.4) is 0 Å². The summed E-state index contributed by atoms with van der Waals surface area (Å²) in [6.45, 7) is 9.14. The fourth-order valence-electron chi connectivity index (χ4n) is 2.38. The molecule has 110 valence electrons. The van der Waals surface area contributed by atoms with Crippen LogP contribution in [0, 0.1) is 0 Å². The van der Waals surface area contributed by atoms with Gasteiger partial charge in [0.05, 0.1) is 12.6 Å². The normalized spacial score (nSPS) is 18.8. The van der Waals surface area contributed by atoms with Gasteiger partial charge in [0.15, 0.2) is 0 Å². The van der Waals surface area contributed by atoms with Crippen molar-refractivity contribution in [1.82, 2.24) is 4.90 Å². The van der Waals surface area contributed by atoms with Crippen molar-refractivity contribution in [3.63, 3.8) is 0 Å². The maximum absolute atomic E-state index is 12.4. The molecule has 1 aliphatic rings. The molecule has 0 fully saturated rings. The molecular weight excluding hydrogens is 252 g/mol. The number of nitrogens with one attached hydrogen (secondary N) is 1. The van der Waals surface area contributed by atoms with Crippen molar-refractivity contribution in [2.45, 2.75) is 52.3 Å². The number of carbonyl (C=O) groups excluding carboxylic acids is 1. The summed E-state index contributed by atoms with van der Waals surface area (Å²) in [6.07, 6.45) is 0.670. The molecule has 0 aliphatic carbocycles. The predicted molar refractivity (Wildman–Crippen MR) is 80.8 cm³/mol. The van der Waals surface area contributed by atoms with E-state index in [1.54, 1.807) is 0 Å². The zero-order valence-corrected chi connectivity index (χ0v) is 12.8. The number of nitrogens with zero attached hydrogens (tertiary/aromatic N) is 1. The Labute approximate surface area is 121 Å². The minimum absolute atomic E-state index is 0.150. The lowest BCUT2D eigenvalue weighted by Gasteiger charge is -2.31. The van der Waals surface area contributed by atoms with Gasteiger partial charge in [-0.05, 0) is 38.8 Å². The summed E-state index contributed by atoms with van der Waals surface area (Å²) in [5.41, 5.74) is 1.78. The number of carbonyl (C=O) groups is 1. The Bertz CT molecular complexity index is 480. The summed E-state index contributed by atoms with van der Waals surface area (Å²) < 4.78 is 5.54. The maximum Gasteiger partial charge on any atom is 0.410 e. The highest BCUT2D eigenvalue weighted by atomic mass is 16.6. The second kappa shape index (κ2) is 5.73. The standard InChI is InChI=1S/C16H24N2O2/c1-5-13-10-17-14-9-7-6-8-12(14)11-18(13)15(19)20-16(2,3)4/h6-9,13,17H,5,10-11H2,1-4H3/t13-/m1/s1. The smallest absolute Gasteiger partial charge is 0.410 e. The number of para-hydroxylation sites is 1. The van der Waals surface area contributed by atoms with Crippen molar-refractivity contribution in [3.05, 3.63) is 29.8 Å². The number of hydrogen-bond donors (Lipinski definition) is 1. The molecule has 1 aromatic rings. The molecule has 20 heavy (non-hydrogen) atoms. The van der Waals surface area contributed by atoms with Crippen molar-refractivity contribution < 1.29 is 9.53 Å². The second-order valence-corrected chi connectivity index (χ2v) is 6.21. The van der Waals surface area contributed by atoms with Gasteiger partial charge < -0.3 is 10.1 Å². The summed E-state index contributed by atoms with van der Waals surface area (Å²) in [7, 11) is 0. The number of hydrogen-bond acceptors (Lipinski definition) is 3. The van der Waals surface area contributed by atoms with Crippen LogP contribution in [-0.4, -0.2) is 29.2 Å². The van der Waals surface area contributed by atoms with Crippen LogP contribution in [0.2, 0.25) is 0 Å². The van der Waals surface area contributed by atoms with E-state index in [-0.39, 0.29) is 12.1 Å². The van der Waals surface area contributed by atoms with Crippen LogP contribution in [0.5, 0.6) is 0 Å². The molecule has 2 rings (SSSR count). The van der Waals surface area contributed by atoms with Gasteiger partial charge in [-0.1, -0.05) is 25.1 Å². The first-order valence-electron chi connectivity index (χ1n) is 7.22. The molecule has 4 nitrogen and oxygen atoms in total. The minimum atomic E-state index is -0.464. The van der Waals surface area contributed by atoms with E-state index in [1.807, 2.05) is 37.8 Å². The number of anilines is 1. The molecule has 0 saturated heterocycles. The van der Waals surface area contributed by atoms with E-state index >= 15 is 0 Å². The van der Waals surface area contributed by atoms with E-state index in [0.717, 1.165) is 24.2 Å². The Hall–Kier alpha value is -1.71. The van der Waals surface area contributed by atoms with Crippen molar-refractivity contribution in [2.24, 2.45) is 0 Å². The molecule has 4 heteroatoms. The Balaban J connectivity index is 2.22. The molecule has 1 heterocycles. The highest BCUT2D eigenvalue weighted by molar-refractivity contribution is 5.70. The number of benzene rings is 1. The zero-order valence-electron chi connectivity index (χ0n) is 12.8.